The molecule has 0 aliphatic heterocycles. The summed E-state index contributed by atoms with van der Waals surface area (Å²) in [5.74, 6) is 1.15. The number of rotatable bonds is 12. The maximum absolute atomic E-state index is 15.4. The summed E-state index contributed by atoms with van der Waals surface area (Å²) >= 11 is 0. The molecule has 2 fully saturated rings. The standard InChI is InChI=1S/C41H51F3/c1-3-5-6-7-8-9-11-35-24-27-38(41(44)40(35)43)34-22-20-33(21-23-34)37-26-25-36(28-39(37)42)32-18-16-31(17-19-32)30-14-12-29(10-4-2)13-15-30/h4,10,20-32H,3,5-9,11-19H2,1-2H3. The summed E-state index contributed by atoms with van der Waals surface area (Å²) < 4.78 is 45.4. The minimum absolute atomic E-state index is 0.212. The van der Waals surface area contributed by atoms with E-state index in [0.29, 0.717) is 29.0 Å². The molecule has 0 unspecified atom stereocenters. The first-order valence-corrected chi connectivity index (χ1v) is 17.5. The SMILES string of the molecule is CC=CC1CCC(C2CCC(c3ccc(-c4ccc(-c5ccc(CCCCCCCC)c(F)c5F)cc4)c(F)c3)CC2)CC1. The lowest BCUT2D eigenvalue weighted by Gasteiger charge is -2.37. The van der Waals surface area contributed by atoms with Crippen LogP contribution in [0.5, 0.6) is 0 Å². The predicted octanol–water partition coefficient (Wildman–Crippen LogP) is 13.0. The van der Waals surface area contributed by atoms with Crippen LogP contribution >= 0.6 is 0 Å². The average molecular weight is 601 g/mol. The molecule has 0 nitrogen and oxygen atoms in total. The molecule has 3 aromatic rings. The van der Waals surface area contributed by atoms with Gasteiger partial charge in [-0.05, 0) is 123 Å². The van der Waals surface area contributed by atoms with Crippen molar-refractivity contribution in [1.82, 2.24) is 0 Å². The molecule has 0 saturated heterocycles. The number of aryl methyl sites for hydroxylation is 1. The van der Waals surface area contributed by atoms with E-state index in [1.165, 1.54) is 57.8 Å². The van der Waals surface area contributed by atoms with Crippen molar-refractivity contribution in [2.45, 2.75) is 116 Å². The van der Waals surface area contributed by atoms with Gasteiger partial charge in [0.15, 0.2) is 11.6 Å². The van der Waals surface area contributed by atoms with Gasteiger partial charge in [0.2, 0.25) is 0 Å². The zero-order valence-corrected chi connectivity index (χ0v) is 26.9. The quantitative estimate of drug-likeness (QED) is 0.143. The smallest absolute Gasteiger partial charge is 0.166 e. The molecule has 0 atom stereocenters. The normalized spacial score (nSPS) is 22.5. The molecule has 3 aromatic carbocycles. The average Bonchev–Trinajstić information content (AvgIpc) is 3.05. The number of unbranched alkanes of at least 4 members (excludes halogenated alkanes) is 5. The van der Waals surface area contributed by atoms with Crippen LogP contribution in [0.25, 0.3) is 22.3 Å². The summed E-state index contributed by atoms with van der Waals surface area (Å²) in [4.78, 5) is 0. The van der Waals surface area contributed by atoms with E-state index in [1.807, 2.05) is 18.2 Å². The van der Waals surface area contributed by atoms with Gasteiger partial charge in [0.05, 0.1) is 0 Å². The second kappa shape index (κ2) is 16.0. The Morgan fingerprint density at radius 3 is 1.86 bits per heavy atom. The van der Waals surface area contributed by atoms with Gasteiger partial charge in [-0.15, -0.1) is 0 Å². The highest BCUT2D eigenvalue weighted by molar-refractivity contribution is 5.71. The third kappa shape index (κ3) is 8.06. The molecular formula is C41H51F3. The molecule has 236 valence electrons. The van der Waals surface area contributed by atoms with Gasteiger partial charge in [0, 0.05) is 11.1 Å². The molecular weight excluding hydrogens is 549 g/mol. The monoisotopic (exact) mass is 600 g/mol. The fourth-order valence-corrected chi connectivity index (χ4v) is 7.95. The van der Waals surface area contributed by atoms with E-state index in [1.54, 1.807) is 30.3 Å². The van der Waals surface area contributed by atoms with Crippen LogP contribution in [0, 0.1) is 35.2 Å². The number of hydrogen-bond acceptors (Lipinski definition) is 0. The summed E-state index contributed by atoms with van der Waals surface area (Å²) in [6.45, 7) is 4.31. The molecule has 2 saturated carbocycles. The van der Waals surface area contributed by atoms with Crippen LogP contribution in [0.4, 0.5) is 13.2 Å². The highest BCUT2D eigenvalue weighted by Gasteiger charge is 2.31. The van der Waals surface area contributed by atoms with Crippen molar-refractivity contribution in [3.8, 4) is 22.3 Å². The fourth-order valence-electron chi connectivity index (χ4n) is 7.95. The van der Waals surface area contributed by atoms with Crippen molar-refractivity contribution in [1.29, 1.82) is 0 Å². The zero-order chi connectivity index (χ0) is 30.9. The number of allylic oxidation sites excluding steroid dienone is 2. The van der Waals surface area contributed by atoms with Gasteiger partial charge in [-0.1, -0.05) is 99.7 Å². The maximum Gasteiger partial charge on any atom is 0.166 e. The maximum atomic E-state index is 15.4. The Morgan fingerprint density at radius 2 is 1.23 bits per heavy atom. The highest BCUT2D eigenvalue weighted by Crippen LogP contribution is 2.44. The molecule has 0 radical (unpaired) electrons. The number of benzene rings is 3. The number of hydrogen-bond donors (Lipinski definition) is 0. The van der Waals surface area contributed by atoms with Gasteiger partial charge in [-0.2, -0.15) is 0 Å². The first kappa shape index (κ1) is 32.6. The van der Waals surface area contributed by atoms with Gasteiger partial charge < -0.3 is 0 Å². The van der Waals surface area contributed by atoms with Gasteiger partial charge in [0.25, 0.3) is 0 Å². The van der Waals surface area contributed by atoms with Crippen LogP contribution in [-0.4, -0.2) is 0 Å². The third-order valence-electron chi connectivity index (χ3n) is 10.7. The Labute approximate surface area is 264 Å². The molecule has 2 aliphatic carbocycles. The van der Waals surface area contributed by atoms with Crippen LogP contribution in [0.2, 0.25) is 0 Å². The van der Waals surface area contributed by atoms with E-state index >= 15 is 8.78 Å². The van der Waals surface area contributed by atoms with E-state index in [0.717, 1.165) is 61.0 Å². The molecule has 5 rings (SSSR count). The minimum Gasteiger partial charge on any atom is -0.206 e. The molecule has 0 aromatic heterocycles. The van der Waals surface area contributed by atoms with Gasteiger partial charge in [0.1, 0.15) is 5.82 Å². The predicted molar refractivity (Wildman–Crippen MR) is 179 cm³/mol. The van der Waals surface area contributed by atoms with Gasteiger partial charge >= 0.3 is 0 Å². The Bertz CT molecular complexity index is 1360. The van der Waals surface area contributed by atoms with Crippen molar-refractivity contribution in [2.75, 3.05) is 0 Å². The van der Waals surface area contributed by atoms with Crippen molar-refractivity contribution in [2.24, 2.45) is 17.8 Å². The molecule has 0 amide bonds. The summed E-state index contributed by atoms with van der Waals surface area (Å²) in [5, 5.41) is 0. The second-order valence-electron chi connectivity index (χ2n) is 13.5. The Kier molecular flexibility index (Phi) is 11.8. The zero-order valence-electron chi connectivity index (χ0n) is 26.9. The first-order valence-electron chi connectivity index (χ1n) is 17.5. The highest BCUT2D eigenvalue weighted by atomic mass is 19.2. The Morgan fingerprint density at radius 1 is 0.636 bits per heavy atom. The fraction of sp³-hybridized carbons (Fsp3) is 0.512. The lowest BCUT2D eigenvalue weighted by atomic mass is 9.68. The third-order valence-corrected chi connectivity index (χ3v) is 10.7. The van der Waals surface area contributed by atoms with Crippen molar-refractivity contribution in [3.63, 3.8) is 0 Å². The summed E-state index contributed by atoms with van der Waals surface area (Å²) in [5.41, 5.74) is 3.69. The van der Waals surface area contributed by atoms with E-state index < -0.39 is 11.6 Å². The van der Waals surface area contributed by atoms with Crippen molar-refractivity contribution < 1.29 is 13.2 Å². The molecule has 44 heavy (non-hydrogen) atoms. The van der Waals surface area contributed by atoms with E-state index in [-0.39, 0.29) is 11.4 Å². The van der Waals surface area contributed by atoms with E-state index in [9.17, 15) is 4.39 Å². The first-order chi connectivity index (χ1) is 21.5. The molecule has 0 heterocycles. The molecule has 0 N–H and O–H groups in total. The molecule has 0 bridgehead atoms. The van der Waals surface area contributed by atoms with E-state index in [2.05, 4.69) is 32.1 Å². The van der Waals surface area contributed by atoms with E-state index in [4.69, 9.17) is 0 Å². The second-order valence-corrected chi connectivity index (χ2v) is 13.5. The summed E-state index contributed by atoms with van der Waals surface area (Å²) in [7, 11) is 0. The lowest BCUT2D eigenvalue weighted by molar-refractivity contribution is 0.171. The largest absolute Gasteiger partial charge is 0.206 e. The van der Waals surface area contributed by atoms with Crippen LogP contribution in [0.15, 0.2) is 66.7 Å². The lowest BCUT2D eigenvalue weighted by Crippen LogP contribution is -2.25. The topological polar surface area (TPSA) is 0 Å². The molecule has 0 spiro atoms. The summed E-state index contributed by atoms with van der Waals surface area (Å²) in [6, 6.07) is 16.3. The van der Waals surface area contributed by atoms with Crippen LogP contribution in [0.1, 0.15) is 121 Å². The Hall–Kier alpha value is -2.81. The van der Waals surface area contributed by atoms with Crippen LogP contribution in [0.3, 0.4) is 0 Å². The van der Waals surface area contributed by atoms with Crippen molar-refractivity contribution in [3.05, 3.63) is 95.3 Å². The molecule has 3 heteroatoms. The minimum atomic E-state index is -0.798. The van der Waals surface area contributed by atoms with Gasteiger partial charge in [-0.3, -0.25) is 0 Å². The van der Waals surface area contributed by atoms with Gasteiger partial charge in [-0.25, -0.2) is 13.2 Å². The number of halogens is 3. The summed E-state index contributed by atoms with van der Waals surface area (Å²) in [6.07, 6.45) is 22.0. The van der Waals surface area contributed by atoms with Crippen LogP contribution in [-0.2, 0) is 6.42 Å². The molecule has 2 aliphatic rings. The van der Waals surface area contributed by atoms with Crippen LogP contribution < -0.4 is 0 Å². The Balaban J connectivity index is 1.17. The van der Waals surface area contributed by atoms with Crippen molar-refractivity contribution >= 4 is 0 Å².